The summed E-state index contributed by atoms with van der Waals surface area (Å²) in [5.74, 6) is -1.61. The molecule has 0 radical (unpaired) electrons. The molecule has 17 heavy (non-hydrogen) atoms. The standard InChI is InChI=1S/C12H16N2O3/c1-12(2,11(16)17)10(15)14-7-5-9-4-3-6-13-8-9/h3-4,6,8H,5,7H2,1-2H3,(H,14,15)(H,16,17). The molecule has 0 aliphatic rings. The first-order valence-electron chi connectivity index (χ1n) is 5.35. The number of hydrogen-bond donors (Lipinski definition) is 2. The highest BCUT2D eigenvalue weighted by Gasteiger charge is 2.35. The van der Waals surface area contributed by atoms with Crippen LogP contribution in [0, 0.1) is 5.41 Å². The van der Waals surface area contributed by atoms with Crippen LogP contribution in [-0.2, 0) is 16.0 Å². The lowest BCUT2D eigenvalue weighted by Gasteiger charge is -2.18. The Morgan fingerprint density at radius 3 is 2.71 bits per heavy atom. The number of aliphatic carboxylic acids is 1. The molecule has 0 bridgehead atoms. The second-order valence-corrected chi connectivity index (χ2v) is 4.30. The van der Waals surface area contributed by atoms with Crippen LogP contribution in [0.5, 0.6) is 0 Å². The molecule has 0 atom stereocenters. The van der Waals surface area contributed by atoms with E-state index in [-0.39, 0.29) is 0 Å². The molecule has 1 heterocycles. The molecule has 5 heteroatoms. The highest BCUT2D eigenvalue weighted by atomic mass is 16.4. The first kappa shape index (κ1) is 13.2. The van der Waals surface area contributed by atoms with Gasteiger partial charge in [0.05, 0.1) is 0 Å². The molecule has 0 aliphatic carbocycles. The number of carboxylic acids is 1. The number of carbonyl (C=O) groups is 2. The Hall–Kier alpha value is -1.91. The van der Waals surface area contributed by atoms with Crippen LogP contribution in [0.25, 0.3) is 0 Å². The maximum Gasteiger partial charge on any atom is 0.318 e. The van der Waals surface area contributed by atoms with Gasteiger partial charge in [0.25, 0.3) is 0 Å². The number of hydrogen-bond acceptors (Lipinski definition) is 3. The van der Waals surface area contributed by atoms with Crippen molar-refractivity contribution in [3.63, 3.8) is 0 Å². The van der Waals surface area contributed by atoms with Crippen molar-refractivity contribution < 1.29 is 14.7 Å². The SMILES string of the molecule is CC(C)(C(=O)O)C(=O)NCCc1cccnc1. The summed E-state index contributed by atoms with van der Waals surface area (Å²) in [5, 5.41) is 11.5. The first-order valence-corrected chi connectivity index (χ1v) is 5.35. The molecule has 1 aromatic heterocycles. The molecule has 0 saturated carbocycles. The van der Waals surface area contributed by atoms with E-state index in [0.717, 1.165) is 5.56 Å². The third-order valence-electron chi connectivity index (χ3n) is 2.52. The van der Waals surface area contributed by atoms with Gasteiger partial charge in [-0.05, 0) is 31.9 Å². The Morgan fingerprint density at radius 1 is 1.47 bits per heavy atom. The molecule has 0 aliphatic heterocycles. The summed E-state index contributed by atoms with van der Waals surface area (Å²) in [5.41, 5.74) is -0.393. The van der Waals surface area contributed by atoms with Crippen LogP contribution in [0.3, 0.4) is 0 Å². The summed E-state index contributed by atoms with van der Waals surface area (Å²) < 4.78 is 0. The van der Waals surface area contributed by atoms with Gasteiger partial charge < -0.3 is 10.4 Å². The molecule has 1 rings (SSSR count). The molecular formula is C12H16N2O3. The van der Waals surface area contributed by atoms with Gasteiger partial charge in [-0.3, -0.25) is 14.6 Å². The summed E-state index contributed by atoms with van der Waals surface area (Å²) in [6.45, 7) is 3.17. The van der Waals surface area contributed by atoms with Crippen molar-refractivity contribution in [1.82, 2.24) is 10.3 Å². The average Bonchev–Trinajstić information content (AvgIpc) is 2.30. The van der Waals surface area contributed by atoms with E-state index >= 15 is 0 Å². The van der Waals surface area contributed by atoms with Crippen molar-refractivity contribution in [2.24, 2.45) is 5.41 Å². The van der Waals surface area contributed by atoms with Gasteiger partial charge in [0, 0.05) is 18.9 Å². The molecule has 0 fully saturated rings. The summed E-state index contributed by atoms with van der Waals surface area (Å²) in [6.07, 6.45) is 4.03. The van der Waals surface area contributed by atoms with Gasteiger partial charge in [0.2, 0.25) is 5.91 Å². The van der Waals surface area contributed by atoms with E-state index in [1.54, 1.807) is 12.4 Å². The molecule has 92 valence electrons. The molecule has 1 aromatic rings. The zero-order valence-electron chi connectivity index (χ0n) is 9.93. The Bertz CT molecular complexity index is 401. The van der Waals surface area contributed by atoms with Crippen LogP contribution in [-0.4, -0.2) is 28.5 Å². The summed E-state index contributed by atoms with van der Waals surface area (Å²) in [4.78, 5) is 26.4. The third-order valence-corrected chi connectivity index (χ3v) is 2.52. The lowest BCUT2D eigenvalue weighted by Crippen LogP contribution is -2.43. The van der Waals surface area contributed by atoms with Crippen molar-refractivity contribution in [3.8, 4) is 0 Å². The van der Waals surface area contributed by atoms with Crippen LogP contribution in [0.2, 0.25) is 0 Å². The van der Waals surface area contributed by atoms with Crippen LogP contribution in [0.15, 0.2) is 24.5 Å². The second-order valence-electron chi connectivity index (χ2n) is 4.30. The van der Waals surface area contributed by atoms with E-state index in [1.165, 1.54) is 13.8 Å². The Kier molecular flexibility index (Phi) is 4.20. The summed E-state index contributed by atoms with van der Waals surface area (Å²) >= 11 is 0. The highest BCUT2D eigenvalue weighted by Crippen LogP contribution is 2.14. The topological polar surface area (TPSA) is 79.3 Å². The second kappa shape index (κ2) is 5.43. The maximum absolute atomic E-state index is 11.6. The smallest absolute Gasteiger partial charge is 0.318 e. The molecule has 0 unspecified atom stereocenters. The van der Waals surface area contributed by atoms with E-state index < -0.39 is 17.3 Å². The average molecular weight is 236 g/mol. The normalized spacial score (nSPS) is 10.9. The third kappa shape index (κ3) is 3.55. The van der Waals surface area contributed by atoms with Gasteiger partial charge in [-0.25, -0.2) is 0 Å². The largest absolute Gasteiger partial charge is 0.480 e. The molecular weight excluding hydrogens is 220 g/mol. The number of nitrogens with zero attached hydrogens (tertiary/aromatic N) is 1. The first-order chi connectivity index (χ1) is 7.94. The molecule has 0 spiro atoms. The van der Waals surface area contributed by atoms with E-state index in [0.29, 0.717) is 13.0 Å². The lowest BCUT2D eigenvalue weighted by atomic mass is 9.92. The van der Waals surface area contributed by atoms with Gasteiger partial charge in [-0.2, -0.15) is 0 Å². The van der Waals surface area contributed by atoms with Crippen molar-refractivity contribution >= 4 is 11.9 Å². The van der Waals surface area contributed by atoms with Crippen molar-refractivity contribution in [2.75, 3.05) is 6.54 Å². The molecule has 1 amide bonds. The predicted octanol–water partition coefficient (Wildman–Crippen LogP) is 0.851. The minimum Gasteiger partial charge on any atom is -0.480 e. The Morgan fingerprint density at radius 2 is 2.18 bits per heavy atom. The number of rotatable bonds is 5. The Labute approximate surface area is 99.9 Å². The predicted molar refractivity (Wildman–Crippen MR) is 62.4 cm³/mol. The Balaban J connectivity index is 2.42. The van der Waals surface area contributed by atoms with E-state index in [9.17, 15) is 9.59 Å². The van der Waals surface area contributed by atoms with E-state index in [4.69, 9.17) is 5.11 Å². The maximum atomic E-state index is 11.6. The van der Waals surface area contributed by atoms with Crippen LogP contribution in [0.4, 0.5) is 0 Å². The molecule has 5 nitrogen and oxygen atoms in total. The highest BCUT2D eigenvalue weighted by molar-refractivity contribution is 6.00. The summed E-state index contributed by atoms with van der Waals surface area (Å²) in [6, 6.07) is 3.72. The minimum absolute atomic E-state index is 0.404. The number of nitrogens with one attached hydrogen (secondary N) is 1. The van der Waals surface area contributed by atoms with Crippen LogP contribution < -0.4 is 5.32 Å². The quantitative estimate of drug-likeness (QED) is 0.743. The fraction of sp³-hybridized carbons (Fsp3) is 0.417. The molecule has 0 saturated heterocycles. The molecule has 0 aromatic carbocycles. The fourth-order valence-corrected chi connectivity index (χ4v) is 1.18. The lowest BCUT2D eigenvalue weighted by molar-refractivity contribution is -0.153. The van der Waals surface area contributed by atoms with Gasteiger partial charge in [0.15, 0.2) is 0 Å². The summed E-state index contributed by atoms with van der Waals surface area (Å²) in [7, 11) is 0. The van der Waals surface area contributed by atoms with E-state index in [2.05, 4.69) is 10.3 Å². The van der Waals surface area contributed by atoms with Gasteiger partial charge >= 0.3 is 5.97 Å². The van der Waals surface area contributed by atoms with Gasteiger partial charge in [-0.1, -0.05) is 6.07 Å². The van der Waals surface area contributed by atoms with Gasteiger partial charge in [0.1, 0.15) is 5.41 Å². The zero-order chi connectivity index (χ0) is 12.9. The number of amides is 1. The van der Waals surface area contributed by atoms with Crippen molar-refractivity contribution in [2.45, 2.75) is 20.3 Å². The number of aromatic nitrogens is 1. The van der Waals surface area contributed by atoms with Gasteiger partial charge in [-0.15, -0.1) is 0 Å². The monoisotopic (exact) mass is 236 g/mol. The number of carbonyl (C=O) groups excluding carboxylic acids is 1. The minimum atomic E-state index is -1.39. The van der Waals surface area contributed by atoms with Crippen molar-refractivity contribution in [3.05, 3.63) is 30.1 Å². The van der Waals surface area contributed by atoms with E-state index in [1.807, 2.05) is 12.1 Å². The fourth-order valence-electron chi connectivity index (χ4n) is 1.18. The molecule has 2 N–H and O–H groups in total. The zero-order valence-corrected chi connectivity index (χ0v) is 9.93. The van der Waals surface area contributed by atoms with Crippen LogP contribution >= 0.6 is 0 Å². The van der Waals surface area contributed by atoms with Crippen LogP contribution in [0.1, 0.15) is 19.4 Å². The number of pyridine rings is 1. The van der Waals surface area contributed by atoms with Crippen molar-refractivity contribution in [1.29, 1.82) is 0 Å². The number of carboxylic acid groups (broad SMARTS) is 1.